The highest BCUT2D eigenvalue weighted by molar-refractivity contribution is 7.09. The van der Waals surface area contributed by atoms with Crippen LogP contribution in [0.1, 0.15) is 41.3 Å². The molecule has 0 aliphatic carbocycles. The van der Waals surface area contributed by atoms with Gasteiger partial charge in [-0.3, -0.25) is 14.9 Å². The Labute approximate surface area is 136 Å². The average Bonchev–Trinajstić information content (AvgIpc) is 2.93. The fraction of sp³-hybridized carbons (Fsp3) is 0.333. The van der Waals surface area contributed by atoms with Gasteiger partial charge >= 0.3 is 0 Å². The first-order valence-electron chi connectivity index (χ1n) is 6.96. The lowest BCUT2D eigenvalue weighted by molar-refractivity contribution is -0.385. The van der Waals surface area contributed by atoms with E-state index in [0.717, 1.165) is 23.9 Å². The van der Waals surface area contributed by atoms with E-state index < -0.39 is 27.9 Å². The molecule has 1 amide bonds. The summed E-state index contributed by atoms with van der Waals surface area (Å²) in [6.07, 6.45) is 0.537. The van der Waals surface area contributed by atoms with Crippen molar-refractivity contribution in [2.24, 2.45) is 0 Å². The number of carbonyl (C=O) groups is 1. The Morgan fingerprint density at radius 3 is 2.74 bits per heavy atom. The molecule has 0 spiro atoms. The zero-order valence-electron chi connectivity index (χ0n) is 12.9. The predicted molar refractivity (Wildman–Crippen MR) is 85.0 cm³/mol. The van der Waals surface area contributed by atoms with Crippen molar-refractivity contribution in [1.82, 2.24) is 10.3 Å². The Balaban J connectivity index is 2.37. The maximum Gasteiger partial charge on any atom is 0.282 e. The van der Waals surface area contributed by atoms with Gasteiger partial charge in [-0.1, -0.05) is 6.92 Å². The number of hydrogen-bond acceptors (Lipinski definition) is 5. The molecule has 0 saturated heterocycles. The molecule has 0 fully saturated rings. The molecule has 1 heterocycles. The first kappa shape index (κ1) is 17.0. The largest absolute Gasteiger partial charge is 0.340 e. The van der Waals surface area contributed by atoms with Gasteiger partial charge in [0, 0.05) is 17.1 Å². The molecular formula is C15H16FN3O3S. The number of benzene rings is 1. The highest BCUT2D eigenvalue weighted by Crippen LogP contribution is 2.29. The number of hydrogen-bond donors (Lipinski definition) is 1. The number of aryl methyl sites for hydroxylation is 1. The van der Waals surface area contributed by atoms with Crippen molar-refractivity contribution in [2.75, 3.05) is 0 Å². The van der Waals surface area contributed by atoms with E-state index >= 15 is 0 Å². The maximum atomic E-state index is 13.4. The Morgan fingerprint density at radius 1 is 1.52 bits per heavy atom. The second-order valence-electron chi connectivity index (χ2n) is 5.35. The minimum Gasteiger partial charge on any atom is -0.340 e. The van der Waals surface area contributed by atoms with Gasteiger partial charge in [0.15, 0.2) is 0 Å². The number of nitrogens with one attached hydrogen (secondary N) is 1. The van der Waals surface area contributed by atoms with Gasteiger partial charge in [0.25, 0.3) is 11.6 Å². The van der Waals surface area contributed by atoms with Gasteiger partial charge in [0.1, 0.15) is 16.4 Å². The normalized spacial score (nSPS) is 13.4. The van der Waals surface area contributed by atoms with Crippen LogP contribution in [0.25, 0.3) is 0 Å². The first-order chi connectivity index (χ1) is 10.8. The number of aromatic nitrogens is 1. The topological polar surface area (TPSA) is 85.1 Å². The summed E-state index contributed by atoms with van der Waals surface area (Å²) in [4.78, 5) is 27.2. The predicted octanol–water partition coefficient (Wildman–Crippen LogP) is 3.55. The molecule has 1 N–H and O–H groups in total. The van der Waals surface area contributed by atoms with E-state index in [1.54, 1.807) is 6.92 Å². The van der Waals surface area contributed by atoms with Crippen LogP contribution >= 0.6 is 11.3 Å². The second kappa shape index (κ2) is 6.41. The van der Waals surface area contributed by atoms with Crippen LogP contribution in [0.3, 0.4) is 0 Å². The van der Waals surface area contributed by atoms with Gasteiger partial charge < -0.3 is 5.32 Å². The van der Waals surface area contributed by atoms with Crippen LogP contribution in [0.2, 0.25) is 0 Å². The highest BCUT2D eigenvalue weighted by atomic mass is 32.1. The third-order valence-electron chi connectivity index (χ3n) is 3.59. The van der Waals surface area contributed by atoms with Crippen molar-refractivity contribution in [1.29, 1.82) is 0 Å². The molecular weight excluding hydrogens is 321 g/mol. The van der Waals surface area contributed by atoms with Crippen LogP contribution in [-0.4, -0.2) is 15.8 Å². The molecule has 0 aliphatic heterocycles. The van der Waals surface area contributed by atoms with Gasteiger partial charge in [-0.2, -0.15) is 0 Å². The molecule has 6 nitrogen and oxygen atoms in total. The molecule has 1 unspecified atom stereocenters. The van der Waals surface area contributed by atoms with Crippen molar-refractivity contribution < 1.29 is 14.1 Å². The van der Waals surface area contributed by atoms with Crippen LogP contribution in [0.5, 0.6) is 0 Å². The number of rotatable bonds is 5. The molecule has 0 radical (unpaired) electrons. The number of nitro benzene ring substituents is 1. The third kappa shape index (κ3) is 3.53. The summed E-state index contributed by atoms with van der Waals surface area (Å²) in [5.41, 5.74) is -0.688. The van der Waals surface area contributed by atoms with E-state index in [-0.39, 0.29) is 5.56 Å². The maximum absolute atomic E-state index is 13.4. The van der Waals surface area contributed by atoms with E-state index in [1.165, 1.54) is 11.3 Å². The molecule has 122 valence electrons. The quantitative estimate of drug-likeness (QED) is 0.668. The number of nitrogens with zero attached hydrogens (tertiary/aromatic N) is 2. The molecule has 2 rings (SSSR count). The lowest BCUT2D eigenvalue weighted by atomic mass is 9.98. The zero-order valence-corrected chi connectivity index (χ0v) is 13.7. The number of thiazole rings is 1. The fourth-order valence-electron chi connectivity index (χ4n) is 2.07. The molecule has 23 heavy (non-hydrogen) atoms. The van der Waals surface area contributed by atoms with Gasteiger partial charge in [-0.05, 0) is 32.4 Å². The van der Waals surface area contributed by atoms with Crippen molar-refractivity contribution in [2.45, 2.75) is 32.7 Å². The molecule has 8 heteroatoms. The summed E-state index contributed by atoms with van der Waals surface area (Å²) in [5, 5.41) is 16.3. The monoisotopic (exact) mass is 337 g/mol. The van der Waals surface area contributed by atoms with Crippen molar-refractivity contribution >= 4 is 22.9 Å². The van der Waals surface area contributed by atoms with Crippen LogP contribution in [0, 0.1) is 22.9 Å². The number of carbonyl (C=O) groups excluding carboxylic acids is 1. The standard InChI is InChI=1S/C15H16FN3O3S/c1-4-15(3,14-17-9(2)8-23-14)18-13(20)11-7-10(16)5-6-12(11)19(21)22/h5-8H,4H2,1-3H3,(H,18,20). The summed E-state index contributed by atoms with van der Waals surface area (Å²) in [6.45, 7) is 5.50. The zero-order chi connectivity index (χ0) is 17.2. The lowest BCUT2D eigenvalue weighted by Crippen LogP contribution is -2.43. The van der Waals surface area contributed by atoms with Crippen molar-refractivity contribution in [3.05, 3.63) is 55.8 Å². The summed E-state index contributed by atoms with van der Waals surface area (Å²) in [7, 11) is 0. The molecule has 1 aromatic carbocycles. The van der Waals surface area contributed by atoms with Crippen molar-refractivity contribution in [3.8, 4) is 0 Å². The second-order valence-corrected chi connectivity index (χ2v) is 6.21. The SMILES string of the molecule is CCC(C)(NC(=O)c1cc(F)ccc1[N+](=O)[O-])c1nc(C)cs1. The van der Waals surface area contributed by atoms with Crippen LogP contribution in [-0.2, 0) is 5.54 Å². The Kier molecular flexibility index (Phi) is 4.74. The van der Waals surface area contributed by atoms with Gasteiger partial charge in [-0.25, -0.2) is 9.37 Å². The lowest BCUT2D eigenvalue weighted by Gasteiger charge is -2.27. The Morgan fingerprint density at radius 2 is 2.22 bits per heavy atom. The molecule has 0 bridgehead atoms. The van der Waals surface area contributed by atoms with Gasteiger partial charge in [0.2, 0.25) is 0 Å². The van der Waals surface area contributed by atoms with Gasteiger partial charge in [0.05, 0.1) is 10.5 Å². The minimum atomic E-state index is -0.782. The number of amides is 1. The minimum absolute atomic E-state index is 0.303. The van der Waals surface area contributed by atoms with E-state index in [9.17, 15) is 19.3 Å². The smallest absolute Gasteiger partial charge is 0.282 e. The summed E-state index contributed by atoms with van der Waals surface area (Å²) in [6, 6.07) is 2.82. The molecule has 0 aliphatic rings. The molecule has 1 atom stereocenters. The van der Waals surface area contributed by atoms with E-state index in [0.29, 0.717) is 11.4 Å². The third-order valence-corrected chi connectivity index (χ3v) is 4.81. The van der Waals surface area contributed by atoms with E-state index in [4.69, 9.17) is 0 Å². The highest BCUT2D eigenvalue weighted by Gasteiger charge is 2.32. The summed E-state index contributed by atoms with van der Waals surface area (Å²) in [5.74, 6) is -1.41. The first-order valence-corrected chi connectivity index (χ1v) is 7.84. The van der Waals surface area contributed by atoms with Crippen LogP contribution in [0.4, 0.5) is 10.1 Å². The van der Waals surface area contributed by atoms with Gasteiger partial charge in [-0.15, -0.1) is 11.3 Å². The molecule has 0 saturated carbocycles. The van der Waals surface area contributed by atoms with Crippen molar-refractivity contribution in [3.63, 3.8) is 0 Å². The van der Waals surface area contributed by atoms with E-state index in [2.05, 4.69) is 10.3 Å². The molecule has 1 aromatic heterocycles. The molecule has 2 aromatic rings. The van der Waals surface area contributed by atoms with Crippen LogP contribution in [0.15, 0.2) is 23.6 Å². The summed E-state index contributed by atoms with van der Waals surface area (Å²) < 4.78 is 13.4. The Hall–Kier alpha value is -2.35. The van der Waals surface area contributed by atoms with Crippen LogP contribution < -0.4 is 5.32 Å². The summed E-state index contributed by atoms with van der Waals surface area (Å²) >= 11 is 1.40. The van der Waals surface area contributed by atoms with E-state index in [1.807, 2.05) is 19.2 Å². The Bertz CT molecular complexity index is 762. The number of nitro groups is 1. The fourth-order valence-corrected chi connectivity index (χ4v) is 3.05. The average molecular weight is 337 g/mol. The number of halogens is 1.